The van der Waals surface area contributed by atoms with Gasteiger partial charge in [0.05, 0.1) is 24.0 Å². The van der Waals surface area contributed by atoms with Crippen LogP contribution in [0.3, 0.4) is 0 Å². The van der Waals surface area contributed by atoms with Crippen molar-refractivity contribution in [3.8, 4) is 5.75 Å². The molecule has 4 nitrogen and oxygen atoms in total. The highest BCUT2D eigenvalue weighted by Crippen LogP contribution is 2.32. The van der Waals surface area contributed by atoms with Crippen LogP contribution >= 0.6 is 0 Å². The molecule has 1 aliphatic carbocycles. The maximum Gasteiger partial charge on any atom is 0.338 e. The summed E-state index contributed by atoms with van der Waals surface area (Å²) < 4.78 is 10.5. The first-order valence-electron chi connectivity index (χ1n) is 6.79. The molecule has 0 radical (unpaired) electrons. The minimum absolute atomic E-state index is 0.135. The summed E-state index contributed by atoms with van der Waals surface area (Å²) in [6, 6.07) is 4.76. The minimum atomic E-state index is -0.442. The van der Waals surface area contributed by atoms with Gasteiger partial charge < -0.3 is 9.47 Å². The minimum Gasteiger partial charge on any atom is -0.464 e. The van der Waals surface area contributed by atoms with E-state index < -0.39 is 5.97 Å². The second-order valence-electron chi connectivity index (χ2n) is 4.73. The molecule has 1 aromatic carbocycles. The van der Waals surface area contributed by atoms with Gasteiger partial charge in [0.2, 0.25) is 0 Å². The second kappa shape index (κ2) is 5.40. The van der Waals surface area contributed by atoms with E-state index in [1.165, 1.54) is 6.07 Å². The summed E-state index contributed by atoms with van der Waals surface area (Å²) in [5, 5.41) is 0. The molecule has 0 N–H and O–H groups in total. The zero-order chi connectivity index (χ0) is 14.8. The number of fused-ring (bicyclic) bond motifs is 2. The molecule has 3 rings (SSSR count). The molecule has 0 aromatic heterocycles. The van der Waals surface area contributed by atoms with Gasteiger partial charge in [-0.05, 0) is 31.5 Å². The number of ketones is 1. The fourth-order valence-electron chi connectivity index (χ4n) is 2.34. The van der Waals surface area contributed by atoms with Gasteiger partial charge in [0.1, 0.15) is 5.75 Å². The van der Waals surface area contributed by atoms with Crippen LogP contribution in [0.1, 0.15) is 34.1 Å². The summed E-state index contributed by atoms with van der Waals surface area (Å²) in [6.45, 7) is 2.03. The topological polar surface area (TPSA) is 52.6 Å². The number of hydrogen-bond acceptors (Lipinski definition) is 4. The average Bonchev–Trinajstić information content (AvgIpc) is 2.65. The van der Waals surface area contributed by atoms with Crippen molar-refractivity contribution in [3.63, 3.8) is 0 Å². The summed E-state index contributed by atoms with van der Waals surface area (Å²) in [6.07, 6.45) is 7.85. The van der Waals surface area contributed by atoms with Crippen LogP contribution in [0, 0.1) is 0 Å². The molecule has 0 amide bonds. The molecule has 0 saturated carbocycles. The average molecular weight is 282 g/mol. The Hall–Kier alpha value is -2.62. The van der Waals surface area contributed by atoms with Gasteiger partial charge >= 0.3 is 5.97 Å². The molecule has 4 heteroatoms. The fraction of sp³-hybridized carbons (Fsp3) is 0.176. The number of ether oxygens (including phenoxy) is 2. The Labute approximate surface area is 122 Å². The molecule has 0 unspecified atom stereocenters. The van der Waals surface area contributed by atoms with Gasteiger partial charge in [-0.3, -0.25) is 4.79 Å². The maximum atomic E-state index is 12.6. The van der Waals surface area contributed by atoms with Crippen LogP contribution in [0.4, 0.5) is 0 Å². The van der Waals surface area contributed by atoms with Crippen molar-refractivity contribution < 1.29 is 19.1 Å². The van der Waals surface area contributed by atoms with E-state index in [9.17, 15) is 9.59 Å². The monoisotopic (exact) mass is 282 g/mol. The smallest absolute Gasteiger partial charge is 0.338 e. The molecule has 0 spiro atoms. The van der Waals surface area contributed by atoms with Crippen LogP contribution in [0.2, 0.25) is 0 Å². The van der Waals surface area contributed by atoms with Gasteiger partial charge in [0, 0.05) is 11.1 Å². The second-order valence-corrected chi connectivity index (χ2v) is 4.73. The highest BCUT2D eigenvalue weighted by molar-refractivity contribution is 6.14. The van der Waals surface area contributed by atoms with E-state index in [0.29, 0.717) is 35.5 Å². The predicted octanol–water partition coefficient (Wildman–Crippen LogP) is 3.21. The number of Topliss-reactive ketones (excluding diaryl/α,β-unsaturated/α-hetero) is 1. The first-order valence-corrected chi connectivity index (χ1v) is 6.79. The molecule has 0 bridgehead atoms. The third-order valence-corrected chi connectivity index (χ3v) is 3.39. The van der Waals surface area contributed by atoms with E-state index in [1.54, 1.807) is 31.4 Å². The van der Waals surface area contributed by atoms with E-state index in [0.717, 1.165) is 5.57 Å². The summed E-state index contributed by atoms with van der Waals surface area (Å²) in [5.74, 6) is -0.122. The summed E-state index contributed by atoms with van der Waals surface area (Å²) in [4.78, 5) is 24.4. The van der Waals surface area contributed by atoms with E-state index in [-0.39, 0.29) is 5.78 Å². The van der Waals surface area contributed by atoms with E-state index in [1.807, 2.05) is 12.2 Å². The normalized spacial score (nSPS) is 16.0. The molecule has 0 saturated heterocycles. The van der Waals surface area contributed by atoms with Crippen LogP contribution in [0.25, 0.3) is 0 Å². The van der Waals surface area contributed by atoms with Crippen molar-refractivity contribution in [2.24, 2.45) is 0 Å². The van der Waals surface area contributed by atoms with Crippen molar-refractivity contribution in [3.05, 3.63) is 65.0 Å². The van der Waals surface area contributed by atoms with Gasteiger partial charge in [-0.25, -0.2) is 4.79 Å². The number of benzene rings is 1. The molecule has 106 valence electrons. The third kappa shape index (κ3) is 2.40. The molecule has 1 heterocycles. The molecule has 2 aliphatic rings. The van der Waals surface area contributed by atoms with Crippen molar-refractivity contribution in [2.45, 2.75) is 13.3 Å². The lowest BCUT2D eigenvalue weighted by Crippen LogP contribution is -2.09. The Morgan fingerprint density at radius 3 is 3.05 bits per heavy atom. The van der Waals surface area contributed by atoms with E-state index in [2.05, 4.69) is 0 Å². The largest absolute Gasteiger partial charge is 0.464 e. The third-order valence-electron chi connectivity index (χ3n) is 3.39. The van der Waals surface area contributed by atoms with Gasteiger partial charge in [-0.15, -0.1) is 0 Å². The van der Waals surface area contributed by atoms with Gasteiger partial charge in [-0.1, -0.05) is 18.2 Å². The lowest BCUT2D eigenvalue weighted by molar-refractivity contribution is 0.0526. The van der Waals surface area contributed by atoms with E-state index >= 15 is 0 Å². The first kappa shape index (κ1) is 13.4. The molecular weight excluding hydrogens is 268 g/mol. The number of carbonyl (C=O) groups is 2. The zero-order valence-corrected chi connectivity index (χ0v) is 11.6. The quantitative estimate of drug-likeness (QED) is 0.782. The Kier molecular flexibility index (Phi) is 3.44. The molecule has 1 aliphatic heterocycles. The van der Waals surface area contributed by atoms with Gasteiger partial charge in [0.15, 0.2) is 5.78 Å². The molecular formula is C17H14O4. The molecule has 0 atom stereocenters. The van der Waals surface area contributed by atoms with Gasteiger partial charge in [-0.2, -0.15) is 0 Å². The maximum absolute atomic E-state index is 12.6. The SMILES string of the molecule is CCOC(=O)c1ccc2c(c1)C(=O)C1=CC=CCC1=CO2. The van der Waals surface area contributed by atoms with Crippen LogP contribution in [-0.4, -0.2) is 18.4 Å². The van der Waals surface area contributed by atoms with Crippen LogP contribution in [-0.2, 0) is 4.74 Å². The van der Waals surface area contributed by atoms with Crippen LogP contribution < -0.4 is 4.74 Å². The lowest BCUT2D eigenvalue weighted by atomic mass is 9.92. The van der Waals surface area contributed by atoms with Crippen LogP contribution in [0.15, 0.2) is 53.8 Å². The number of rotatable bonds is 2. The predicted molar refractivity (Wildman–Crippen MR) is 77.3 cm³/mol. The van der Waals surface area contributed by atoms with Crippen molar-refractivity contribution >= 4 is 11.8 Å². The Bertz CT molecular complexity index is 708. The molecule has 21 heavy (non-hydrogen) atoms. The summed E-state index contributed by atoms with van der Waals surface area (Å²) in [7, 11) is 0. The van der Waals surface area contributed by atoms with Crippen LogP contribution in [0.5, 0.6) is 5.75 Å². The zero-order valence-electron chi connectivity index (χ0n) is 11.6. The lowest BCUT2D eigenvalue weighted by Gasteiger charge is -2.09. The van der Waals surface area contributed by atoms with E-state index in [4.69, 9.17) is 9.47 Å². The Balaban J connectivity index is 2.04. The Morgan fingerprint density at radius 1 is 1.38 bits per heavy atom. The molecule has 0 fully saturated rings. The fourth-order valence-corrected chi connectivity index (χ4v) is 2.34. The number of esters is 1. The highest BCUT2D eigenvalue weighted by Gasteiger charge is 2.25. The van der Waals surface area contributed by atoms with Gasteiger partial charge in [0.25, 0.3) is 0 Å². The van der Waals surface area contributed by atoms with Crippen molar-refractivity contribution in [1.29, 1.82) is 0 Å². The highest BCUT2D eigenvalue weighted by atomic mass is 16.5. The summed E-state index contributed by atoms with van der Waals surface area (Å²) in [5.41, 5.74) is 2.19. The number of hydrogen-bond donors (Lipinski definition) is 0. The first-order chi connectivity index (χ1) is 10.2. The molecule has 1 aromatic rings. The number of carbonyl (C=O) groups excluding carboxylic acids is 2. The Morgan fingerprint density at radius 2 is 2.24 bits per heavy atom. The van der Waals surface area contributed by atoms with Crippen molar-refractivity contribution in [2.75, 3.05) is 6.61 Å². The van der Waals surface area contributed by atoms with Crippen molar-refractivity contribution in [1.82, 2.24) is 0 Å². The number of allylic oxidation sites excluding steroid dienone is 5. The summed E-state index contributed by atoms with van der Waals surface area (Å²) >= 11 is 0. The standard InChI is InChI=1S/C17H14O4/c1-2-20-17(19)11-7-8-15-14(9-11)16(18)13-6-4-3-5-12(13)10-21-15/h3-4,6-10H,2,5H2,1H3.